The van der Waals surface area contributed by atoms with Gasteiger partial charge in [-0.05, 0) is 44.0 Å². The second-order valence-corrected chi connectivity index (χ2v) is 6.02. The normalized spacial score (nSPS) is 13.1. The zero-order chi connectivity index (χ0) is 14.8. The summed E-state index contributed by atoms with van der Waals surface area (Å²) < 4.78 is 31.7. The average molecular weight is 286 g/mol. The predicted molar refractivity (Wildman–Crippen MR) is 71.4 cm³/mol. The molecule has 1 rings (SSSR count). The van der Waals surface area contributed by atoms with Gasteiger partial charge in [-0.3, -0.25) is 4.79 Å². The highest BCUT2D eigenvalue weighted by molar-refractivity contribution is 7.89. The maximum absolute atomic E-state index is 12.2. The molecule has 1 atom stereocenters. The van der Waals surface area contributed by atoms with Crippen molar-refractivity contribution in [1.82, 2.24) is 4.72 Å². The van der Waals surface area contributed by atoms with Crippen molar-refractivity contribution in [1.29, 1.82) is 0 Å². The van der Waals surface area contributed by atoms with Crippen molar-refractivity contribution in [3.63, 3.8) is 0 Å². The lowest BCUT2D eigenvalue weighted by atomic mass is 10.1. The largest absolute Gasteiger partial charge is 0.496 e. The summed E-state index contributed by atoms with van der Waals surface area (Å²) in [6.45, 7) is 4.80. The van der Waals surface area contributed by atoms with Crippen LogP contribution in [0.2, 0.25) is 0 Å². The van der Waals surface area contributed by atoms with E-state index in [1.54, 1.807) is 19.9 Å². The summed E-state index contributed by atoms with van der Waals surface area (Å²) in [6.07, 6.45) is 0. The summed E-state index contributed by atoms with van der Waals surface area (Å²) in [5.41, 5.74) is 6.28. The highest BCUT2D eigenvalue weighted by Crippen LogP contribution is 2.25. The third-order valence-corrected chi connectivity index (χ3v) is 4.42. The van der Waals surface area contributed by atoms with E-state index in [9.17, 15) is 13.2 Å². The molecule has 0 radical (unpaired) electrons. The minimum atomic E-state index is -3.79. The lowest BCUT2D eigenvalue weighted by Crippen LogP contribution is -2.42. The number of nitrogens with two attached hydrogens (primary N) is 1. The number of rotatable bonds is 5. The van der Waals surface area contributed by atoms with Gasteiger partial charge in [-0.15, -0.1) is 0 Å². The fraction of sp³-hybridized carbons (Fsp3) is 0.417. The fourth-order valence-electron chi connectivity index (χ4n) is 1.63. The Balaban J connectivity index is 3.22. The summed E-state index contributed by atoms with van der Waals surface area (Å²) in [7, 11) is -2.27. The van der Waals surface area contributed by atoms with Crippen molar-refractivity contribution in [3.05, 3.63) is 23.3 Å². The number of ether oxygens (including phenoxy) is 1. The van der Waals surface area contributed by atoms with Gasteiger partial charge in [-0.2, -0.15) is 4.72 Å². The lowest BCUT2D eigenvalue weighted by Gasteiger charge is -2.15. The molecule has 1 aromatic rings. The molecule has 3 N–H and O–H groups in total. The zero-order valence-corrected chi connectivity index (χ0v) is 12.2. The van der Waals surface area contributed by atoms with Crippen LogP contribution in [-0.2, 0) is 14.8 Å². The maximum atomic E-state index is 12.2. The van der Waals surface area contributed by atoms with Gasteiger partial charge in [0.05, 0.1) is 18.0 Å². The van der Waals surface area contributed by atoms with E-state index in [1.165, 1.54) is 20.1 Å². The molecule has 19 heavy (non-hydrogen) atoms. The highest BCUT2D eigenvalue weighted by atomic mass is 32.2. The first-order chi connectivity index (χ1) is 8.69. The number of sulfonamides is 1. The number of carbonyl (C=O) groups is 1. The summed E-state index contributed by atoms with van der Waals surface area (Å²) in [6, 6.07) is 2.18. The molecule has 0 aromatic heterocycles. The Bertz CT molecular complexity index is 596. The van der Waals surface area contributed by atoms with Crippen LogP contribution in [0.15, 0.2) is 17.0 Å². The topological polar surface area (TPSA) is 98.5 Å². The van der Waals surface area contributed by atoms with Crippen LogP contribution in [-0.4, -0.2) is 27.5 Å². The number of aryl methyl sites for hydroxylation is 2. The molecule has 6 nitrogen and oxygen atoms in total. The number of hydrogen-bond acceptors (Lipinski definition) is 4. The molecular formula is C12H18N2O4S. The number of primary amides is 1. The van der Waals surface area contributed by atoms with Crippen LogP contribution >= 0.6 is 0 Å². The second kappa shape index (κ2) is 5.58. The standard InChI is InChI=1S/C12H18N2O4S/c1-7-6-11(8(2)5-10(7)18-4)19(16,17)14-9(3)12(13)15/h5-6,9,14H,1-4H3,(H2,13,15)/t9-/m0/s1. The van der Waals surface area contributed by atoms with Crippen LogP contribution in [0.1, 0.15) is 18.1 Å². The van der Waals surface area contributed by atoms with E-state index in [1.807, 2.05) is 0 Å². The highest BCUT2D eigenvalue weighted by Gasteiger charge is 2.23. The van der Waals surface area contributed by atoms with Crippen molar-refractivity contribution in [2.45, 2.75) is 31.7 Å². The maximum Gasteiger partial charge on any atom is 0.241 e. The summed E-state index contributed by atoms with van der Waals surface area (Å²) >= 11 is 0. The molecule has 106 valence electrons. The van der Waals surface area contributed by atoms with Crippen molar-refractivity contribution in [2.24, 2.45) is 5.73 Å². The minimum absolute atomic E-state index is 0.110. The van der Waals surface area contributed by atoms with Gasteiger partial charge in [0.25, 0.3) is 0 Å². The van der Waals surface area contributed by atoms with Crippen LogP contribution in [0.5, 0.6) is 5.75 Å². The third kappa shape index (κ3) is 3.45. The molecule has 7 heteroatoms. The van der Waals surface area contributed by atoms with Crippen molar-refractivity contribution in [3.8, 4) is 5.75 Å². The van der Waals surface area contributed by atoms with Crippen LogP contribution in [0.25, 0.3) is 0 Å². The number of amides is 1. The Hall–Kier alpha value is -1.60. The van der Waals surface area contributed by atoms with Gasteiger partial charge in [0, 0.05) is 0 Å². The zero-order valence-electron chi connectivity index (χ0n) is 11.4. The van der Waals surface area contributed by atoms with E-state index in [-0.39, 0.29) is 4.90 Å². The molecule has 0 aliphatic heterocycles. The molecule has 0 bridgehead atoms. The van der Waals surface area contributed by atoms with Crippen LogP contribution in [0.3, 0.4) is 0 Å². The Morgan fingerprint density at radius 2 is 1.89 bits per heavy atom. The van der Waals surface area contributed by atoms with Crippen LogP contribution in [0.4, 0.5) is 0 Å². The van der Waals surface area contributed by atoms with Crippen LogP contribution < -0.4 is 15.2 Å². The smallest absolute Gasteiger partial charge is 0.241 e. The van der Waals surface area contributed by atoms with Crippen molar-refractivity contribution < 1.29 is 17.9 Å². The Morgan fingerprint density at radius 3 is 2.37 bits per heavy atom. The van der Waals surface area contributed by atoms with Crippen LogP contribution in [0, 0.1) is 13.8 Å². The minimum Gasteiger partial charge on any atom is -0.496 e. The SMILES string of the molecule is COc1cc(C)c(S(=O)(=O)N[C@@H](C)C(N)=O)cc1C. The number of methoxy groups -OCH3 is 1. The van der Waals surface area contributed by atoms with Crippen molar-refractivity contribution in [2.75, 3.05) is 7.11 Å². The predicted octanol–water partition coefficient (Wildman–Crippen LogP) is 0.464. The Kier molecular flexibility index (Phi) is 4.54. The van der Waals surface area contributed by atoms with Gasteiger partial charge in [0.1, 0.15) is 5.75 Å². The van der Waals surface area contributed by atoms with Crippen molar-refractivity contribution >= 4 is 15.9 Å². The van der Waals surface area contributed by atoms with Gasteiger partial charge >= 0.3 is 0 Å². The molecule has 0 spiro atoms. The molecule has 0 saturated carbocycles. The Labute approximate surface area is 113 Å². The van der Waals surface area contributed by atoms with E-state index in [0.717, 1.165) is 0 Å². The first-order valence-corrected chi connectivity index (χ1v) is 7.14. The number of nitrogens with one attached hydrogen (secondary N) is 1. The third-order valence-electron chi connectivity index (χ3n) is 2.74. The lowest BCUT2D eigenvalue weighted by molar-refractivity contribution is -0.119. The first kappa shape index (κ1) is 15.5. The van der Waals surface area contributed by atoms with E-state index >= 15 is 0 Å². The molecule has 0 fully saturated rings. The molecule has 0 aliphatic carbocycles. The molecular weight excluding hydrogens is 268 g/mol. The molecule has 0 aliphatic rings. The van der Waals surface area contributed by atoms with Gasteiger partial charge in [0.2, 0.25) is 15.9 Å². The van der Waals surface area contributed by atoms with Gasteiger partial charge < -0.3 is 10.5 Å². The molecule has 1 aromatic carbocycles. The Morgan fingerprint density at radius 1 is 1.32 bits per heavy atom. The van der Waals surface area contributed by atoms with E-state index < -0.39 is 22.0 Å². The number of carbonyl (C=O) groups excluding carboxylic acids is 1. The monoisotopic (exact) mass is 286 g/mol. The molecule has 1 amide bonds. The molecule has 0 unspecified atom stereocenters. The summed E-state index contributed by atoms with van der Waals surface area (Å²) in [5.74, 6) is -0.120. The van der Waals surface area contributed by atoms with Gasteiger partial charge in [-0.1, -0.05) is 0 Å². The van der Waals surface area contributed by atoms with E-state index in [4.69, 9.17) is 10.5 Å². The quantitative estimate of drug-likeness (QED) is 0.821. The summed E-state index contributed by atoms with van der Waals surface area (Å²) in [5, 5.41) is 0. The van der Waals surface area contributed by atoms with Gasteiger partial charge in [0.15, 0.2) is 0 Å². The van der Waals surface area contributed by atoms with E-state index in [2.05, 4.69) is 4.72 Å². The molecule has 0 heterocycles. The fourth-order valence-corrected chi connectivity index (χ4v) is 3.15. The van der Waals surface area contributed by atoms with Gasteiger partial charge in [-0.25, -0.2) is 8.42 Å². The van der Waals surface area contributed by atoms with E-state index in [0.29, 0.717) is 16.9 Å². The second-order valence-electron chi connectivity index (χ2n) is 4.33. The molecule has 0 saturated heterocycles. The number of hydrogen-bond donors (Lipinski definition) is 2. The number of benzene rings is 1. The summed E-state index contributed by atoms with van der Waals surface area (Å²) in [4.78, 5) is 11.0. The first-order valence-electron chi connectivity index (χ1n) is 5.66. The average Bonchev–Trinajstić information content (AvgIpc) is 2.30.